The van der Waals surface area contributed by atoms with Gasteiger partial charge in [-0.1, -0.05) is 47.5 Å². The maximum Gasteiger partial charge on any atom is 0.224 e. The molecule has 1 unspecified atom stereocenters. The van der Waals surface area contributed by atoms with Crippen LogP contribution < -0.4 is 4.74 Å². The van der Waals surface area contributed by atoms with Crippen LogP contribution in [-0.4, -0.2) is 18.6 Å². The Balaban J connectivity index is 1.95. The van der Waals surface area contributed by atoms with Crippen LogP contribution in [0.5, 0.6) is 5.75 Å². The third-order valence-electron chi connectivity index (χ3n) is 3.58. The lowest BCUT2D eigenvalue weighted by Gasteiger charge is -2.24. The first-order chi connectivity index (χ1) is 11.2. The van der Waals surface area contributed by atoms with Crippen molar-refractivity contribution in [1.29, 1.82) is 0 Å². The predicted octanol–water partition coefficient (Wildman–Crippen LogP) is 5.67. The summed E-state index contributed by atoms with van der Waals surface area (Å²) in [7, 11) is 0. The predicted molar refractivity (Wildman–Crippen MR) is 94.2 cm³/mol. The number of nitrogens with zero attached hydrogens (tertiary/aromatic N) is 1. The molecule has 0 aromatic heterocycles. The van der Waals surface area contributed by atoms with Crippen molar-refractivity contribution in [3.8, 4) is 5.75 Å². The highest BCUT2D eigenvalue weighted by molar-refractivity contribution is 6.38. The SMILES string of the molecule is Clc1cccc(Cl)c1N=C(Oc1ccccc1)C1CCCCO1. The molecule has 0 radical (unpaired) electrons. The molecule has 1 heterocycles. The molecule has 1 atom stereocenters. The van der Waals surface area contributed by atoms with Crippen molar-refractivity contribution in [2.24, 2.45) is 4.99 Å². The highest BCUT2D eigenvalue weighted by atomic mass is 35.5. The molecular formula is C18H17Cl2NO2. The van der Waals surface area contributed by atoms with E-state index in [1.165, 1.54) is 0 Å². The zero-order chi connectivity index (χ0) is 16.1. The summed E-state index contributed by atoms with van der Waals surface area (Å²) in [5.41, 5.74) is 0.510. The average Bonchev–Trinajstić information content (AvgIpc) is 2.59. The van der Waals surface area contributed by atoms with Gasteiger partial charge in [-0.25, -0.2) is 4.99 Å². The Kier molecular flexibility index (Phi) is 5.55. The minimum Gasteiger partial charge on any atom is -0.440 e. The number of aliphatic imine (C=N–C) groups is 1. The highest BCUT2D eigenvalue weighted by Crippen LogP contribution is 2.33. The third kappa shape index (κ3) is 4.25. The zero-order valence-corrected chi connectivity index (χ0v) is 14.1. The number of rotatable bonds is 3. The van der Waals surface area contributed by atoms with Crippen molar-refractivity contribution < 1.29 is 9.47 Å². The van der Waals surface area contributed by atoms with Crippen molar-refractivity contribution in [3.63, 3.8) is 0 Å². The molecule has 0 spiro atoms. The van der Waals surface area contributed by atoms with E-state index in [-0.39, 0.29) is 6.10 Å². The second-order valence-electron chi connectivity index (χ2n) is 5.29. The van der Waals surface area contributed by atoms with Gasteiger partial charge in [0.1, 0.15) is 17.5 Å². The highest BCUT2D eigenvalue weighted by Gasteiger charge is 2.23. The van der Waals surface area contributed by atoms with E-state index in [4.69, 9.17) is 32.7 Å². The summed E-state index contributed by atoms with van der Waals surface area (Å²) < 4.78 is 11.8. The Morgan fingerprint density at radius 3 is 2.39 bits per heavy atom. The molecule has 0 N–H and O–H groups in total. The van der Waals surface area contributed by atoms with Crippen LogP contribution in [0, 0.1) is 0 Å². The number of halogens is 2. The van der Waals surface area contributed by atoms with Gasteiger partial charge in [0, 0.05) is 6.61 Å². The Hall–Kier alpha value is -1.55. The van der Waals surface area contributed by atoms with Crippen LogP contribution in [0.3, 0.4) is 0 Å². The van der Waals surface area contributed by atoms with E-state index < -0.39 is 0 Å². The smallest absolute Gasteiger partial charge is 0.224 e. The largest absolute Gasteiger partial charge is 0.440 e. The first-order valence-electron chi connectivity index (χ1n) is 7.61. The maximum atomic E-state index is 6.23. The van der Waals surface area contributed by atoms with Crippen LogP contribution in [-0.2, 0) is 4.74 Å². The monoisotopic (exact) mass is 349 g/mol. The molecule has 2 aromatic rings. The molecule has 3 nitrogen and oxygen atoms in total. The number of hydrogen-bond donors (Lipinski definition) is 0. The molecule has 0 aliphatic carbocycles. The van der Waals surface area contributed by atoms with Crippen LogP contribution in [0.2, 0.25) is 10.0 Å². The molecule has 5 heteroatoms. The quantitative estimate of drug-likeness (QED) is 0.527. The summed E-state index contributed by atoms with van der Waals surface area (Å²) >= 11 is 12.5. The molecule has 1 aliphatic rings. The topological polar surface area (TPSA) is 30.8 Å². The van der Waals surface area contributed by atoms with Gasteiger partial charge in [-0.3, -0.25) is 0 Å². The fourth-order valence-electron chi connectivity index (χ4n) is 2.41. The fraction of sp³-hybridized carbons (Fsp3) is 0.278. The van der Waals surface area contributed by atoms with Crippen molar-refractivity contribution in [2.75, 3.05) is 6.61 Å². The minimum atomic E-state index is -0.184. The van der Waals surface area contributed by atoms with Gasteiger partial charge in [0.2, 0.25) is 5.90 Å². The van der Waals surface area contributed by atoms with Crippen molar-refractivity contribution in [2.45, 2.75) is 25.4 Å². The Morgan fingerprint density at radius 2 is 1.74 bits per heavy atom. The number of para-hydroxylation sites is 2. The molecule has 0 amide bonds. The second-order valence-corrected chi connectivity index (χ2v) is 6.11. The lowest BCUT2D eigenvalue weighted by Crippen LogP contribution is -2.32. The van der Waals surface area contributed by atoms with Gasteiger partial charge in [0.05, 0.1) is 10.0 Å². The summed E-state index contributed by atoms with van der Waals surface area (Å²) in [4.78, 5) is 4.58. The van der Waals surface area contributed by atoms with Crippen LogP contribution in [0.25, 0.3) is 0 Å². The van der Waals surface area contributed by atoms with Crippen molar-refractivity contribution in [1.82, 2.24) is 0 Å². The van der Waals surface area contributed by atoms with E-state index in [1.807, 2.05) is 30.3 Å². The van der Waals surface area contributed by atoms with E-state index in [2.05, 4.69) is 4.99 Å². The molecule has 0 bridgehead atoms. The summed E-state index contributed by atoms with van der Waals surface area (Å²) in [6.45, 7) is 0.706. The van der Waals surface area contributed by atoms with E-state index in [0.29, 0.717) is 34.0 Å². The van der Waals surface area contributed by atoms with Gasteiger partial charge in [-0.15, -0.1) is 0 Å². The van der Waals surface area contributed by atoms with E-state index in [1.54, 1.807) is 18.2 Å². The second kappa shape index (κ2) is 7.82. The van der Waals surface area contributed by atoms with Crippen LogP contribution in [0.4, 0.5) is 5.69 Å². The van der Waals surface area contributed by atoms with Gasteiger partial charge < -0.3 is 9.47 Å². The number of ether oxygens (including phenoxy) is 2. The maximum absolute atomic E-state index is 6.23. The summed E-state index contributed by atoms with van der Waals surface area (Å²) in [6, 6.07) is 14.8. The first kappa shape index (κ1) is 16.3. The van der Waals surface area contributed by atoms with E-state index in [0.717, 1.165) is 19.3 Å². The van der Waals surface area contributed by atoms with Crippen LogP contribution in [0.1, 0.15) is 19.3 Å². The van der Waals surface area contributed by atoms with Gasteiger partial charge in [-0.2, -0.15) is 0 Å². The van der Waals surface area contributed by atoms with E-state index in [9.17, 15) is 0 Å². The Morgan fingerprint density at radius 1 is 1.00 bits per heavy atom. The van der Waals surface area contributed by atoms with Gasteiger partial charge in [0.15, 0.2) is 0 Å². The third-order valence-corrected chi connectivity index (χ3v) is 4.19. The Bertz CT molecular complexity index is 662. The lowest BCUT2D eigenvalue weighted by molar-refractivity contribution is 0.0497. The molecule has 1 aliphatic heterocycles. The summed E-state index contributed by atoms with van der Waals surface area (Å²) in [6.07, 6.45) is 2.82. The van der Waals surface area contributed by atoms with Crippen molar-refractivity contribution in [3.05, 3.63) is 58.6 Å². The molecule has 1 fully saturated rings. The molecule has 2 aromatic carbocycles. The number of hydrogen-bond acceptors (Lipinski definition) is 3. The fourth-order valence-corrected chi connectivity index (χ4v) is 2.89. The minimum absolute atomic E-state index is 0.184. The van der Waals surface area contributed by atoms with Crippen LogP contribution >= 0.6 is 23.2 Å². The molecule has 1 saturated heterocycles. The normalized spacial score (nSPS) is 18.7. The summed E-state index contributed by atoms with van der Waals surface area (Å²) in [5.74, 6) is 1.20. The number of benzene rings is 2. The first-order valence-corrected chi connectivity index (χ1v) is 8.37. The molecule has 0 saturated carbocycles. The summed E-state index contributed by atoms with van der Waals surface area (Å²) in [5, 5.41) is 0.977. The molecular weight excluding hydrogens is 333 g/mol. The van der Waals surface area contributed by atoms with Gasteiger partial charge >= 0.3 is 0 Å². The standard InChI is InChI=1S/C18H17Cl2NO2/c19-14-9-6-10-15(20)17(14)21-18(16-11-4-5-12-22-16)23-13-7-2-1-3-8-13/h1-3,6-10,16H,4-5,11-12H2. The molecule has 23 heavy (non-hydrogen) atoms. The van der Waals surface area contributed by atoms with E-state index >= 15 is 0 Å². The lowest BCUT2D eigenvalue weighted by atomic mass is 10.1. The van der Waals surface area contributed by atoms with Gasteiger partial charge in [0.25, 0.3) is 0 Å². The average molecular weight is 350 g/mol. The van der Waals surface area contributed by atoms with Gasteiger partial charge in [-0.05, 0) is 43.5 Å². The zero-order valence-electron chi connectivity index (χ0n) is 12.5. The molecule has 120 valence electrons. The van der Waals surface area contributed by atoms with Crippen molar-refractivity contribution >= 4 is 34.8 Å². The Labute approximate surface area is 145 Å². The molecule has 3 rings (SSSR count). The van der Waals surface area contributed by atoms with Crippen LogP contribution in [0.15, 0.2) is 53.5 Å².